The Morgan fingerprint density at radius 2 is 1.78 bits per heavy atom. The van der Waals surface area contributed by atoms with Gasteiger partial charge in [-0.1, -0.05) is 36.8 Å². The highest BCUT2D eigenvalue weighted by Gasteiger charge is 2.44. The number of nitrogens with zero attached hydrogens (tertiary/aromatic N) is 1. The van der Waals surface area contributed by atoms with E-state index in [0.29, 0.717) is 23.3 Å². The topological polar surface area (TPSA) is 59.8 Å². The minimum atomic E-state index is -4.60. The molecule has 0 saturated heterocycles. The lowest BCUT2D eigenvalue weighted by molar-refractivity contribution is -0.137. The normalized spacial score (nSPS) is 15.4. The molecule has 0 fully saturated rings. The van der Waals surface area contributed by atoms with E-state index in [4.69, 9.17) is 9.15 Å². The summed E-state index contributed by atoms with van der Waals surface area (Å²) in [6.07, 6.45) is -3.82. The monoisotopic (exact) mass is 493 g/mol. The average molecular weight is 493 g/mol. The highest BCUT2D eigenvalue weighted by atomic mass is 19.4. The zero-order chi connectivity index (χ0) is 25.6. The SMILES string of the molecule is CCCOc1cccc(C2c3c(oc4ccc(C)cc4c3=O)C(=O)N2c2cccc(C(F)(F)F)c2)c1. The van der Waals surface area contributed by atoms with Gasteiger partial charge in [0.2, 0.25) is 5.76 Å². The second kappa shape index (κ2) is 8.86. The van der Waals surface area contributed by atoms with E-state index in [1.54, 1.807) is 42.5 Å². The van der Waals surface area contributed by atoms with Crippen LogP contribution in [0.5, 0.6) is 5.75 Å². The number of carbonyl (C=O) groups is 1. The van der Waals surface area contributed by atoms with Crippen LogP contribution in [0.1, 0.15) is 52.2 Å². The Bertz CT molecular complexity index is 1540. The van der Waals surface area contributed by atoms with Crippen LogP contribution in [0.25, 0.3) is 11.0 Å². The molecule has 8 heteroatoms. The van der Waals surface area contributed by atoms with Crippen LogP contribution in [-0.2, 0) is 6.18 Å². The molecule has 5 rings (SSSR count). The summed E-state index contributed by atoms with van der Waals surface area (Å²) in [4.78, 5) is 28.5. The lowest BCUT2D eigenvalue weighted by Gasteiger charge is -2.26. The van der Waals surface area contributed by atoms with Gasteiger partial charge in [0.1, 0.15) is 11.3 Å². The number of amides is 1. The predicted molar refractivity (Wildman–Crippen MR) is 130 cm³/mol. The Balaban J connectivity index is 1.76. The molecule has 0 bridgehead atoms. The maximum atomic E-state index is 13.7. The lowest BCUT2D eigenvalue weighted by atomic mass is 9.97. The molecule has 1 unspecified atom stereocenters. The number of hydrogen-bond acceptors (Lipinski definition) is 4. The van der Waals surface area contributed by atoms with E-state index >= 15 is 0 Å². The van der Waals surface area contributed by atoms with Crippen molar-refractivity contribution < 1.29 is 27.1 Å². The summed E-state index contributed by atoms with van der Waals surface area (Å²) >= 11 is 0. The van der Waals surface area contributed by atoms with Crippen molar-refractivity contribution in [3.05, 3.63) is 105 Å². The second-order valence-corrected chi connectivity index (χ2v) is 8.72. The smallest absolute Gasteiger partial charge is 0.416 e. The standard InChI is InChI=1S/C28H22F3NO4/c1-3-12-35-20-9-4-6-17(14-20)24-23-25(33)21-13-16(2)10-11-22(21)36-26(23)27(34)32(24)19-8-5-7-18(15-19)28(29,30)31/h4-11,13-15,24H,3,12H2,1-2H3. The molecule has 4 aromatic rings. The number of alkyl halides is 3. The fraction of sp³-hybridized carbons (Fsp3) is 0.214. The number of hydrogen-bond donors (Lipinski definition) is 0. The molecule has 1 aliphatic heterocycles. The number of fused-ring (bicyclic) bond motifs is 2. The van der Waals surface area contributed by atoms with Gasteiger partial charge < -0.3 is 9.15 Å². The van der Waals surface area contributed by atoms with E-state index in [0.717, 1.165) is 24.1 Å². The minimum Gasteiger partial charge on any atom is -0.494 e. The maximum absolute atomic E-state index is 13.7. The first kappa shape index (κ1) is 23.7. The van der Waals surface area contributed by atoms with Crippen molar-refractivity contribution in [2.75, 3.05) is 11.5 Å². The van der Waals surface area contributed by atoms with Crippen LogP contribution in [0.4, 0.5) is 18.9 Å². The Morgan fingerprint density at radius 3 is 2.53 bits per heavy atom. The molecule has 5 nitrogen and oxygen atoms in total. The summed E-state index contributed by atoms with van der Waals surface area (Å²) in [6.45, 7) is 4.26. The van der Waals surface area contributed by atoms with E-state index in [1.165, 1.54) is 17.0 Å². The first-order valence-electron chi connectivity index (χ1n) is 11.5. The fourth-order valence-electron chi connectivity index (χ4n) is 4.49. The lowest BCUT2D eigenvalue weighted by Crippen LogP contribution is -2.29. The van der Waals surface area contributed by atoms with Crippen LogP contribution in [0, 0.1) is 6.92 Å². The molecular formula is C28H22F3NO4. The van der Waals surface area contributed by atoms with Gasteiger partial charge in [-0.2, -0.15) is 13.2 Å². The van der Waals surface area contributed by atoms with Crippen molar-refractivity contribution in [3.63, 3.8) is 0 Å². The third kappa shape index (κ3) is 4.02. The Kier molecular flexibility index (Phi) is 5.82. The average Bonchev–Trinajstić information content (AvgIpc) is 3.15. The summed E-state index contributed by atoms with van der Waals surface area (Å²) in [5.74, 6) is -0.340. The molecular weight excluding hydrogens is 471 g/mol. The van der Waals surface area contributed by atoms with E-state index in [1.807, 2.05) is 13.8 Å². The van der Waals surface area contributed by atoms with Gasteiger partial charge in [-0.25, -0.2) is 0 Å². The van der Waals surface area contributed by atoms with Gasteiger partial charge in [-0.05, 0) is 61.4 Å². The fourth-order valence-corrected chi connectivity index (χ4v) is 4.49. The molecule has 3 aromatic carbocycles. The van der Waals surface area contributed by atoms with Crippen molar-refractivity contribution in [3.8, 4) is 5.75 Å². The van der Waals surface area contributed by atoms with E-state index < -0.39 is 29.1 Å². The Morgan fingerprint density at radius 1 is 1.00 bits per heavy atom. The van der Waals surface area contributed by atoms with Crippen molar-refractivity contribution in [2.45, 2.75) is 32.5 Å². The third-order valence-corrected chi connectivity index (χ3v) is 6.12. The zero-order valence-corrected chi connectivity index (χ0v) is 19.6. The minimum absolute atomic E-state index is 0.00532. The number of aryl methyl sites for hydroxylation is 1. The van der Waals surface area contributed by atoms with Crippen LogP contribution in [0.15, 0.2) is 75.9 Å². The first-order chi connectivity index (χ1) is 17.2. The van der Waals surface area contributed by atoms with E-state index in [9.17, 15) is 22.8 Å². The van der Waals surface area contributed by atoms with Crippen molar-refractivity contribution >= 4 is 22.6 Å². The molecule has 1 atom stereocenters. The quantitative estimate of drug-likeness (QED) is 0.312. The molecule has 1 amide bonds. The molecule has 1 aromatic heterocycles. The second-order valence-electron chi connectivity index (χ2n) is 8.72. The van der Waals surface area contributed by atoms with Gasteiger partial charge in [0.25, 0.3) is 5.91 Å². The molecule has 0 saturated carbocycles. The molecule has 0 radical (unpaired) electrons. The van der Waals surface area contributed by atoms with Crippen LogP contribution < -0.4 is 15.1 Å². The largest absolute Gasteiger partial charge is 0.494 e. The first-order valence-corrected chi connectivity index (χ1v) is 11.5. The van der Waals surface area contributed by atoms with Crippen molar-refractivity contribution in [1.82, 2.24) is 0 Å². The van der Waals surface area contributed by atoms with Gasteiger partial charge in [0, 0.05) is 5.69 Å². The summed E-state index contributed by atoms with van der Waals surface area (Å²) < 4.78 is 52.2. The Labute approximate surface area is 204 Å². The molecule has 36 heavy (non-hydrogen) atoms. The van der Waals surface area contributed by atoms with Gasteiger partial charge in [-0.15, -0.1) is 0 Å². The van der Waals surface area contributed by atoms with E-state index in [2.05, 4.69) is 0 Å². The van der Waals surface area contributed by atoms with Crippen LogP contribution >= 0.6 is 0 Å². The van der Waals surface area contributed by atoms with Crippen molar-refractivity contribution in [1.29, 1.82) is 0 Å². The summed E-state index contributed by atoms with van der Waals surface area (Å²) in [7, 11) is 0. The Hall–Kier alpha value is -4.07. The predicted octanol–water partition coefficient (Wildman–Crippen LogP) is 6.66. The molecule has 184 valence electrons. The maximum Gasteiger partial charge on any atom is 0.416 e. The highest BCUT2D eigenvalue weighted by molar-refractivity contribution is 6.10. The molecule has 2 heterocycles. The highest BCUT2D eigenvalue weighted by Crippen LogP contribution is 2.43. The number of benzene rings is 3. The molecule has 0 N–H and O–H groups in total. The summed E-state index contributed by atoms with van der Waals surface area (Å²) in [5, 5.41) is 0.302. The van der Waals surface area contributed by atoms with Gasteiger partial charge in [0.05, 0.1) is 29.2 Å². The zero-order valence-electron chi connectivity index (χ0n) is 19.6. The van der Waals surface area contributed by atoms with Crippen LogP contribution in [0.2, 0.25) is 0 Å². The van der Waals surface area contributed by atoms with Crippen LogP contribution in [0.3, 0.4) is 0 Å². The van der Waals surface area contributed by atoms with Gasteiger partial charge in [0.15, 0.2) is 5.43 Å². The molecule has 0 aliphatic carbocycles. The van der Waals surface area contributed by atoms with Gasteiger partial charge >= 0.3 is 6.18 Å². The third-order valence-electron chi connectivity index (χ3n) is 6.12. The summed E-state index contributed by atoms with van der Waals surface area (Å²) in [5.41, 5.74) is 0.384. The van der Waals surface area contributed by atoms with Crippen molar-refractivity contribution in [2.24, 2.45) is 0 Å². The number of halogens is 3. The van der Waals surface area contributed by atoms with Crippen LogP contribution in [-0.4, -0.2) is 12.5 Å². The molecule has 1 aliphatic rings. The van der Waals surface area contributed by atoms with E-state index in [-0.39, 0.29) is 22.6 Å². The molecule has 0 spiro atoms. The summed E-state index contributed by atoms with van der Waals surface area (Å²) in [6, 6.07) is 15.4. The number of carbonyl (C=O) groups excluding carboxylic acids is 1. The number of anilines is 1. The number of ether oxygens (including phenoxy) is 1. The van der Waals surface area contributed by atoms with Gasteiger partial charge in [-0.3, -0.25) is 14.5 Å². The number of rotatable bonds is 5.